The highest BCUT2D eigenvalue weighted by atomic mass is 32.1. The highest BCUT2D eigenvalue weighted by Crippen LogP contribution is 2.44. The molecule has 1 unspecified atom stereocenters. The van der Waals surface area contributed by atoms with Gasteiger partial charge < -0.3 is 19.3 Å². The summed E-state index contributed by atoms with van der Waals surface area (Å²) in [5.41, 5.74) is 1.16. The number of rotatable bonds is 10. The van der Waals surface area contributed by atoms with Crippen LogP contribution in [0.2, 0.25) is 0 Å². The second kappa shape index (κ2) is 12.1. The number of carbonyl (C=O) groups excluding carboxylic acids is 3. The van der Waals surface area contributed by atoms with Crippen LogP contribution >= 0.6 is 11.3 Å². The minimum Gasteiger partial charge on any atom is -0.507 e. The lowest BCUT2D eigenvalue weighted by Crippen LogP contribution is -2.29. The monoisotopic (exact) mass is 550 g/mol. The summed E-state index contributed by atoms with van der Waals surface area (Å²) in [4.78, 5) is 45.2. The summed E-state index contributed by atoms with van der Waals surface area (Å²) in [6.45, 7) is 6.16. The van der Waals surface area contributed by atoms with Crippen LogP contribution in [0.3, 0.4) is 0 Å². The lowest BCUT2D eigenvalue weighted by atomic mass is 9.95. The molecular formula is C29H30N2O7S. The Bertz CT molecular complexity index is 1410. The number of aliphatic hydroxyl groups excluding tert-OH is 1. The zero-order chi connectivity index (χ0) is 28.1. The Hall–Kier alpha value is -4.18. The molecule has 3 aromatic rings. The number of carbonyl (C=O) groups is 3. The lowest BCUT2D eigenvalue weighted by Gasteiger charge is -2.23. The Morgan fingerprint density at radius 1 is 1.10 bits per heavy atom. The first-order chi connectivity index (χ1) is 18.8. The van der Waals surface area contributed by atoms with Crippen molar-refractivity contribution in [3.8, 4) is 11.5 Å². The van der Waals surface area contributed by atoms with Crippen LogP contribution in [0.1, 0.15) is 59.2 Å². The Labute approximate surface area is 230 Å². The van der Waals surface area contributed by atoms with Gasteiger partial charge in [-0.25, -0.2) is 9.78 Å². The predicted molar refractivity (Wildman–Crippen MR) is 147 cm³/mol. The number of esters is 1. The summed E-state index contributed by atoms with van der Waals surface area (Å²) in [6, 6.07) is 12.6. The number of benzene rings is 2. The number of Topliss-reactive ketones (excluding diaryl/α,β-unsaturated/α-hetero) is 1. The molecule has 0 radical (unpaired) electrons. The molecule has 2 aromatic carbocycles. The number of ketones is 1. The van der Waals surface area contributed by atoms with Crippen molar-refractivity contribution in [3.63, 3.8) is 0 Å². The molecule has 0 bridgehead atoms. The van der Waals surface area contributed by atoms with Crippen molar-refractivity contribution in [1.82, 2.24) is 4.98 Å². The molecule has 1 fully saturated rings. The first-order valence-corrected chi connectivity index (χ1v) is 13.4. The fourth-order valence-corrected chi connectivity index (χ4v) is 5.21. The SMILES string of the molecule is CCCCOc1ccc(/C(O)=C2/C(=O)C(=O)N(c3nc(C)c(C(=O)OCC)s3)C2c2cccc(OC)c2)cc1. The van der Waals surface area contributed by atoms with Crippen LogP contribution in [0.5, 0.6) is 11.5 Å². The van der Waals surface area contributed by atoms with E-state index in [0.29, 0.717) is 34.9 Å². The number of ether oxygens (including phenoxy) is 3. The van der Waals surface area contributed by atoms with E-state index >= 15 is 0 Å². The van der Waals surface area contributed by atoms with Crippen LogP contribution < -0.4 is 14.4 Å². The van der Waals surface area contributed by atoms with E-state index in [4.69, 9.17) is 14.2 Å². The molecule has 9 nitrogen and oxygen atoms in total. The minimum atomic E-state index is -1.01. The zero-order valence-corrected chi connectivity index (χ0v) is 23.0. The van der Waals surface area contributed by atoms with Gasteiger partial charge in [-0.3, -0.25) is 14.5 Å². The van der Waals surface area contributed by atoms with E-state index in [0.717, 1.165) is 24.2 Å². The predicted octanol–water partition coefficient (Wildman–Crippen LogP) is 5.44. The summed E-state index contributed by atoms with van der Waals surface area (Å²) < 4.78 is 16.2. The lowest BCUT2D eigenvalue weighted by molar-refractivity contribution is -0.132. The highest BCUT2D eigenvalue weighted by molar-refractivity contribution is 7.17. The summed E-state index contributed by atoms with van der Waals surface area (Å²) in [5.74, 6) is -1.48. The minimum absolute atomic E-state index is 0.0987. The van der Waals surface area contributed by atoms with Gasteiger partial charge in [-0.15, -0.1) is 0 Å². The quantitative estimate of drug-likeness (QED) is 0.117. The number of anilines is 1. The number of aliphatic hydroxyl groups is 1. The third kappa shape index (κ3) is 5.65. The number of hydrogen-bond donors (Lipinski definition) is 1. The second-order valence-corrected chi connectivity index (χ2v) is 9.78. The van der Waals surface area contributed by atoms with Crippen molar-refractivity contribution < 1.29 is 33.7 Å². The maximum absolute atomic E-state index is 13.4. The summed E-state index contributed by atoms with van der Waals surface area (Å²) in [7, 11) is 1.51. The van der Waals surface area contributed by atoms with Crippen molar-refractivity contribution >= 4 is 39.9 Å². The molecule has 1 aliphatic rings. The summed E-state index contributed by atoms with van der Waals surface area (Å²) >= 11 is 0.955. The number of nitrogens with zero attached hydrogens (tertiary/aromatic N) is 2. The Balaban J connectivity index is 1.82. The van der Waals surface area contributed by atoms with E-state index in [2.05, 4.69) is 11.9 Å². The third-order valence-corrected chi connectivity index (χ3v) is 7.34. The number of hydrogen-bond acceptors (Lipinski definition) is 9. The Morgan fingerprint density at radius 3 is 2.51 bits per heavy atom. The maximum atomic E-state index is 13.4. The van der Waals surface area contributed by atoms with Gasteiger partial charge in [-0.1, -0.05) is 36.8 Å². The van der Waals surface area contributed by atoms with Crippen LogP contribution in [0.25, 0.3) is 5.76 Å². The van der Waals surface area contributed by atoms with Gasteiger partial charge in [0.1, 0.15) is 22.1 Å². The highest BCUT2D eigenvalue weighted by Gasteiger charge is 2.48. The van der Waals surface area contributed by atoms with Crippen LogP contribution in [0, 0.1) is 6.92 Å². The molecule has 1 aliphatic heterocycles. The second-order valence-electron chi connectivity index (χ2n) is 8.80. The molecule has 0 spiro atoms. The molecule has 0 aliphatic carbocycles. The van der Waals surface area contributed by atoms with Gasteiger partial charge in [-0.05, 0) is 62.2 Å². The molecule has 39 heavy (non-hydrogen) atoms. The van der Waals surface area contributed by atoms with Gasteiger partial charge in [0.15, 0.2) is 5.13 Å². The van der Waals surface area contributed by atoms with Gasteiger partial charge >= 0.3 is 11.9 Å². The fourth-order valence-electron chi connectivity index (χ4n) is 4.23. The number of aryl methyl sites for hydroxylation is 1. The molecule has 1 aromatic heterocycles. The molecule has 0 saturated carbocycles. The van der Waals surface area contributed by atoms with Crippen molar-refractivity contribution in [2.24, 2.45) is 0 Å². The van der Waals surface area contributed by atoms with E-state index in [1.807, 2.05) is 0 Å². The van der Waals surface area contributed by atoms with Crippen LogP contribution in [0.15, 0.2) is 54.1 Å². The summed E-state index contributed by atoms with van der Waals surface area (Å²) in [5, 5.41) is 11.5. The molecule has 10 heteroatoms. The molecule has 1 N–H and O–H groups in total. The molecule has 2 heterocycles. The van der Waals surface area contributed by atoms with Crippen LogP contribution in [0.4, 0.5) is 5.13 Å². The van der Waals surface area contributed by atoms with Gasteiger partial charge in [0, 0.05) is 5.56 Å². The maximum Gasteiger partial charge on any atom is 0.350 e. The average molecular weight is 551 g/mol. The molecule has 1 saturated heterocycles. The van der Waals surface area contributed by atoms with E-state index in [1.165, 1.54) is 12.0 Å². The van der Waals surface area contributed by atoms with Gasteiger partial charge in [0.25, 0.3) is 5.78 Å². The van der Waals surface area contributed by atoms with Crippen LogP contribution in [-0.4, -0.2) is 48.1 Å². The number of thiazole rings is 1. The van der Waals surface area contributed by atoms with Crippen LogP contribution in [-0.2, 0) is 14.3 Å². The van der Waals surface area contributed by atoms with Gasteiger partial charge in [-0.2, -0.15) is 0 Å². The zero-order valence-electron chi connectivity index (χ0n) is 22.2. The number of methoxy groups -OCH3 is 1. The van der Waals surface area contributed by atoms with Gasteiger partial charge in [0.2, 0.25) is 0 Å². The number of unbranched alkanes of at least 4 members (excludes halogenated alkanes) is 1. The average Bonchev–Trinajstić information content (AvgIpc) is 3.45. The standard InChI is InChI=1S/C29H30N2O7S/c1-5-7-15-38-20-13-11-18(12-14-20)24(32)22-23(19-9-8-10-21(16-19)36-4)31(27(34)25(22)33)29-30-17(3)26(39-29)28(35)37-6-2/h8-14,16,23,32H,5-7,15H2,1-4H3/b24-22-. The van der Waals surface area contributed by atoms with Gasteiger partial charge in [0.05, 0.1) is 37.6 Å². The van der Waals surface area contributed by atoms with Crippen molar-refractivity contribution in [3.05, 3.63) is 75.8 Å². The molecule has 204 valence electrons. The number of aromatic nitrogens is 1. The Kier molecular flexibility index (Phi) is 8.65. The van der Waals surface area contributed by atoms with Crippen molar-refractivity contribution in [2.75, 3.05) is 25.2 Å². The van der Waals surface area contributed by atoms with E-state index in [1.54, 1.807) is 62.4 Å². The summed E-state index contributed by atoms with van der Waals surface area (Å²) in [6.07, 6.45) is 1.92. The fraction of sp³-hybridized carbons (Fsp3) is 0.310. The smallest absolute Gasteiger partial charge is 0.350 e. The Morgan fingerprint density at radius 2 is 1.85 bits per heavy atom. The molecule has 4 rings (SSSR count). The first kappa shape index (κ1) is 27.8. The van der Waals surface area contributed by atoms with Crippen molar-refractivity contribution in [2.45, 2.75) is 39.7 Å². The number of amides is 1. The molecule has 1 amide bonds. The third-order valence-electron chi connectivity index (χ3n) is 6.20. The van der Waals surface area contributed by atoms with Crippen molar-refractivity contribution in [1.29, 1.82) is 0 Å². The van der Waals surface area contributed by atoms with E-state index < -0.39 is 23.7 Å². The molecule has 1 atom stereocenters. The van der Waals surface area contributed by atoms with E-state index in [-0.39, 0.29) is 27.9 Å². The largest absolute Gasteiger partial charge is 0.507 e. The molecular weight excluding hydrogens is 520 g/mol. The topological polar surface area (TPSA) is 115 Å². The van der Waals surface area contributed by atoms with E-state index in [9.17, 15) is 19.5 Å². The normalized spacial score (nSPS) is 16.4. The first-order valence-electron chi connectivity index (χ1n) is 12.6.